The lowest BCUT2D eigenvalue weighted by atomic mass is 10.1. The molecule has 1 saturated carbocycles. The SMILES string of the molecule is NC(=S)CCN(C(=O)c1ccc(C(F)(F)F)cc1)C1CC1. The highest BCUT2D eigenvalue weighted by molar-refractivity contribution is 7.80. The molecule has 21 heavy (non-hydrogen) atoms. The van der Waals surface area contributed by atoms with E-state index in [2.05, 4.69) is 0 Å². The summed E-state index contributed by atoms with van der Waals surface area (Å²) in [4.78, 5) is 14.3. The van der Waals surface area contributed by atoms with Crippen molar-refractivity contribution in [2.75, 3.05) is 6.54 Å². The summed E-state index contributed by atoms with van der Waals surface area (Å²) < 4.78 is 37.5. The Kier molecular flexibility index (Phi) is 4.51. The Hall–Kier alpha value is -1.63. The van der Waals surface area contributed by atoms with E-state index in [0.29, 0.717) is 18.0 Å². The van der Waals surface area contributed by atoms with Gasteiger partial charge in [-0.25, -0.2) is 0 Å². The lowest BCUT2D eigenvalue weighted by Crippen LogP contribution is -2.35. The van der Waals surface area contributed by atoms with E-state index in [1.165, 1.54) is 12.1 Å². The minimum atomic E-state index is -4.40. The Bertz CT molecular complexity index is 538. The number of thiocarbonyl (C=S) groups is 1. The van der Waals surface area contributed by atoms with Gasteiger partial charge in [-0.05, 0) is 37.1 Å². The summed E-state index contributed by atoms with van der Waals surface area (Å²) >= 11 is 4.80. The van der Waals surface area contributed by atoms with Gasteiger partial charge in [-0.2, -0.15) is 13.2 Å². The second-order valence-corrected chi connectivity index (χ2v) is 5.55. The Morgan fingerprint density at radius 3 is 2.29 bits per heavy atom. The standard InChI is InChI=1S/C14H15F3N2OS/c15-14(16,17)10-3-1-9(2-4-10)13(20)19(11-5-6-11)8-7-12(18)21/h1-4,11H,5-8H2,(H2,18,21). The number of alkyl halides is 3. The molecule has 1 aromatic carbocycles. The summed E-state index contributed by atoms with van der Waals surface area (Å²) in [5.41, 5.74) is 4.92. The molecule has 1 aliphatic carbocycles. The Morgan fingerprint density at radius 2 is 1.86 bits per heavy atom. The van der Waals surface area contributed by atoms with Gasteiger partial charge >= 0.3 is 6.18 Å². The molecule has 0 spiro atoms. The molecule has 0 heterocycles. The first kappa shape index (κ1) is 15.8. The molecule has 0 radical (unpaired) electrons. The van der Waals surface area contributed by atoms with Gasteiger partial charge in [0.1, 0.15) is 0 Å². The van der Waals surface area contributed by atoms with E-state index in [-0.39, 0.29) is 17.5 Å². The highest BCUT2D eigenvalue weighted by Crippen LogP contribution is 2.31. The molecule has 1 aliphatic rings. The van der Waals surface area contributed by atoms with Crippen LogP contribution in [-0.2, 0) is 6.18 Å². The van der Waals surface area contributed by atoms with Gasteiger partial charge in [-0.15, -0.1) is 0 Å². The molecule has 1 aromatic rings. The zero-order valence-electron chi connectivity index (χ0n) is 11.2. The number of carbonyl (C=O) groups excluding carboxylic acids is 1. The van der Waals surface area contributed by atoms with Crippen LogP contribution in [-0.4, -0.2) is 28.4 Å². The van der Waals surface area contributed by atoms with E-state index < -0.39 is 11.7 Å². The van der Waals surface area contributed by atoms with Gasteiger partial charge in [0.05, 0.1) is 10.6 Å². The maximum Gasteiger partial charge on any atom is 0.416 e. The van der Waals surface area contributed by atoms with E-state index in [1.54, 1.807) is 4.90 Å². The summed E-state index contributed by atoms with van der Waals surface area (Å²) in [6.07, 6.45) is -2.17. The topological polar surface area (TPSA) is 46.3 Å². The summed E-state index contributed by atoms with van der Waals surface area (Å²) in [6.45, 7) is 0.403. The van der Waals surface area contributed by atoms with Gasteiger partial charge in [0.15, 0.2) is 0 Å². The van der Waals surface area contributed by atoms with Crippen LogP contribution >= 0.6 is 12.2 Å². The van der Waals surface area contributed by atoms with Gasteiger partial charge in [0.2, 0.25) is 0 Å². The van der Waals surface area contributed by atoms with Crippen LogP contribution < -0.4 is 5.73 Å². The lowest BCUT2D eigenvalue weighted by molar-refractivity contribution is -0.137. The normalized spacial score (nSPS) is 14.8. The van der Waals surface area contributed by atoms with E-state index in [1.807, 2.05) is 0 Å². The smallest absolute Gasteiger partial charge is 0.393 e. The molecule has 114 valence electrons. The van der Waals surface area contributed by atoms with Crippen molar-refractivity contribution in [1.82, 2.24) is 4.90 Å². The molecule has 1 fully saturated rings. The summed E-state index contributed by atoms with van der Waals surface area (Å²) in [5.74, 6) is -0.275. The fourth-order valence-corrected chi connectivity index (χ4v) is 2.13. The van der Waals surface area contributed by atoms with Crippen molar-refractivity contribution in [1.29, 1.82) is 0 Å². The van der Waals surface area contributed by atoms with Crippen molar-refractivity contribution < 1.29 is 18.0 Å². The minimum absolute atomic E-state index is 0.147. The van der Waals surface area contributed by atoms with Crippen LogP contribution in [0.3, 0.4) is 0 Å². The molecule has 2 N–H and O–H groups in total. The number of benzene rings is 1. The first-order chi connectivity index (χ1) is 9.79. The number of amides is 1. The van der Waals surface area contributed by atoms with Crippen molar-refractivity contribution in [3.05, 3.63) is 35.4 Å². The molecule has 7 heteroatoms. The van der Waals surface area contributed by atoms with Crippen molar-refractivity contribution in [2.45, 2.75) is 31.5 Å². The highest BCUT2D eigenvalue weighted by atomic mass is 32.1. The third kappa shape index (κ3) is 4.17. The molecule has 0 saturated heterocycles. The summed E-state index contributed by atoms with van der Waals surface area (Å²) in [7, 11) is 0. The second kappa shape index (κ2) is 6.01. The number of carbonyl (C=O) groups is 1. The quantitative estimate of drug-likeness (QED) is 0.850. The highest BCUT2D eigenvalue weighted by Gasteiger charge is 2.34. The van der Waals surface area contributed by atoms with E-state index in [0.717, 1.165) is 25.0 Å². The molecule has 0 unspecified atom stereocenters. The van der Waals surface area contributed by atoms with E-state index in [4.69, 9.17) is 18.0 Å². The van der Waals surface area contributed by atoms with Crippen molar-refractivity contribution in [3.8, 4) is 0 Å². The zero-order chi connectivity index (χ0) is 15.6. The van der Waals surface area contributed by atoms with Crippen LogP contribution in [0, 0.1) is 0 Å². The maximum atomic E-state index is 12.5. The molecular formula is C14H15F3N2OS. The predicted octanol–water partition coefficient (Wildman–Crippen LogP) is 2.99. The molecule has 2 rings (SSSR count). The monoisotopic (exact) mass is 316 g/mol. The number of hydrogen-bond donors (Lipinski definition) is 1. The van der Waals surface area contributed by atoms with Gasteiger partial charge in [0.25, 0.3) is 5.91 Å². The van der Waals surface area contributed by atoms with Crippen LogP contribution in [0.1, 0.15) is 35.2 Å². The van der Waals surface area contributed by atoms with Gasteiger partial charge in [-0.3, -0.25) is 4.79 Å². The molecule has 3 nitrogen and oxygen atoms in total. The summed E-state index contributed by atoms with van der Waals surface area (Å²) in [5, 5.41) is 0. The van der Waals surface area contributed by atoms with E-state index >= 15 is 0 Å². The number of halogens is 3. The third-order valence-electron chi connectivity index (χ3n) is 3.31. The molecule has 0 atom stereocenters. The average molecular weight is 316 g/mol. The van der Waals surface area contributed by atoms with E-state index in [9.17, 15) is 18.0 Å². The maximum absolute atomic E-state index is 12.5. The number of nitrogens with two attached hydrogens (primary N) is 1. The molecule has 1 amide bonds. The average Bonchev–Trinajstić information content (AvgIpc) is 3.22. The fraction of sp³-hybridized carbons (Fsp3) is 0.429. The van der Waals surface area contributed by atoms with Crippen molar-refractivity contribution in [3.63, 3.8) is 0 Å². The number of hydrogen-bond acceptors (Lipinski definition) is 2. The lowest BCUT2D eigenvalue weighted by Gasteiger charge is -2.22. The zero-order valence-corrected chi connectivity index (χ0v) is 12.0. The third-order valence-corrected chi connectivity index (χ3v) is 3.51. The Labute approximate surface area is 125 Å². The molecule has 0 aliphatic heterocycles. The number of rotatable bonds is 5. The number of nitrogens with zero attached hydrogens (tertiary/aromatic N) is 1. The molecule has 0 aromatic heterocycles. The summed E-state index contributed by atoms with van der Waals surface area (Å²) in [6, 6.07) is 4.41. The predicted molar refractivity (Wildman–Crippen MR) is 76.9 cm³/mol. The largest absolute Gasteiger partial charge is 0.416 e. The fourth-order valence-electron chi connectivity index (χ4n) is 2.03. The molecular weight excluding hydrogens is 301 g/mol. The van der Waals surface area contributed by atoms with Crippen molar-refractivity contribution in [2.24, 2.45) is 5.73 Å². The van der Waals surface area contributed by atoms with Gasteiger partial charge < -0.3 is 10.6 Å². The van der Waals surface area contributed by atoms with Gasteiger partial charge in [-0.1, -0.05) is 12.2 Å². The van der Waals surface area contributed by atoms with Crippen LogP contribution in [0.15, 0.2) is 24.3 Å². The molecule has 0 bridgehead atoms. The van der Waals surface area contributed by atoms with Crippen LogP contribution in [0.5, 0.6) is 0 Å². The second-order valence-electron chi connectivity index (χ2n) is 5.02. The Morgan fingerprint density at radius 1 is 1.29 bits per heavy atom. The van der Waals surface area contributed by atoms with Gasteiger partial charge in [0, 0.05) is 24.6 Å². The van der Waals surface area contributed by atoms with Crippen molar-refractivity contribution >= 4 is 23.1 Å². The first-order valence-corrected chi connectivity index (χ1v) is 6.96. The first-order valence-electron chi connectivity index (χ1n) is 6.55. The van der Waals surface area contributed by atoms with Crippen LogP contribution in [0.4, 0.5) is 13.2 Å². The Balaban J connectivity index is 2.11. The minimum Gasteiger partial charge on any atom is -0.393 e. The van der Waals surface area contributed by atoms with Crippen LogP contribution in [0.2, 0.25) is 0 Å². The van der Waals surface area contributed by atoms with Crippen LogP contribution in [0.25, 0.3) is 0 Å².